The van der Waals surface area contributed by atoms with Crippen LogP contribution in [-0.2, 0) is 0 Å². The Bertz CT molecular complexity index is 458. The van der Waals surface area contributed by atoms with Gasteiger partial charge in [-0.05, 0) is 6.42 Å². The summed E-state index contributed by atoms with van der Waals surface area (Å²) in [5.74, 6) is -3.42. The molecule has 2 N–H and O–H groups in total. The molecule has 0 aliphatic carbocycles. The molecule has 2 amide bonds. The summed E-state index contributed by atoms with van der Waals surface area (Å²) in [5, 5.41) is 11.3. The van der Waals surface area contributed by atoms with E-state index in [1.54, 1.807) is 0 Å². The van der Waals surface area contributed by atoms with Crippen molar-refractivity contribution in [3.63, 3.8) is 0 Å². The first-order chi connectivity index (χ1) is 8.47. The van der Waals surface area contributed by atoms with Gasteiger partial charge in [-0.1, -0.05) is 0 Å². The van der Waals surface area contributed by atoms with Gasteiger partial charge in [-0.25, -0.2) is 18.0 Å². The van der Waals surface area contributed by atoms with Crippen molar-refractivity contribution in [3.05, 3.63) is 29.6 Å². The zero-order chi connectivity index (χ0) is 13.3. The molecule has 18 heavy (non-hydrogen) atoms. The summed E-state index contributed by atoms with van der Waals surface area (Å²) in [4.78, 5) is 12.9. The number of hydrogen-bond acceptors (Lipinski definition) is 2. The largest absolute Gasteiger partial charge is 0.391 e. The molecule has 0 aromatic heterocycles. The fraction of sp³-hybridized carbons (Fsp3) is 0.364. The van der Waals surface area contributed by atoms with Crippen LogP contribution in [-0.4, -0.2) is 35.2 Å². The highest BCUT2D eigenvalue weighted by molar-refractivity contribution is 5.89. The molecule has 0 unspecified atom stereocenters. The van der Waals surface area contributed by atoms with Gasteiger partial charge in [0.1, 0.15) is 11.5 Å². The Morgan fingerprint density at radius 3 is 2.44 bits per heavy atom. The standard InChI is InChI=1S/C11H11F3N2O2/c12-6-3-8(13)10(9(14)4-6)15-11(18)16-2-1-7(17)5-16/h3-4,7,17H,1-2,5H2,(H,15,18)/t7-/m0/s1. The number of rotatable bonds is 1. The molecule has 0 bridgehead atoms. The van der Waals surface area contributed by atoms with E-state index >= 15 is 0 Å². The molecule has 1 aliphatic rings. The number of benzene rings is 1. The number of nitrogens with zero attached hydrogens (tertiary/aromatic N) is 1. The first-order valence-corrected chi connectivity index (χ1v) is 5.36. The number of carbonyl (C=O) groups excluding carboxylic acids is 1. The lowest BCUT2D eigenvalue weighted by Gasteiger charge is -2.17. The van der Waals surface area contributed by atoms with Gasteiger partial charge < -0.3 is 15.3 Å². The lowest BCUT2D eigenvalue weighted by molar-refractivity contribution is 0.176. The van der Waals surface area contributed by atoms with Crippen LogP contribution in [0.3, 0.4) is 0 Å². The Morgan fingerprint density at radius 2 is 1.94 bits per heavy atom. The average molecular weight is 260 g/mol. The molecule has 1 fully saturated rings. The molecule has 98 valence electrons. The summed E-state index contributed by atoms with van der Waals surface area (Å²) in [6.45, 7) is 0.410. The molecule has 1 aliphatic heterocycles. The third-order valence-corrected chi connectivity index (χ3v) is 2.69. The molecule has 4 nitrogen and oxygen atoms in total. The van der Waals surface area contributed by atoms with Crippen molar-refractivity contribution in [2.75, 3.05) is 18.4 Å². The molecular weight excluding hydrogens is 249 g/mol. The van der Waals surface area contributed by atoms with E-state index in [0.717, 1.165) is 0 Å². The number of nitrogens with one attached hydrogen (secondary N) is 1. The second kappa shape index (κ2) is 4.85. The summed E-state index contributed by atoms with van der Waals surface area (Å²) >= 11 is 0. The Balaban J connectivity index is 2.12. The number of likely N-dealkylation sites (tertiary alicyclic amines) is 1. The van der Waals surface area contributed by atoms with Gasteiger partial charge in [0, 0.05) is 25.2 Å². The van der Waals surface area contributed by atoms with Gasteiger partial charge in [-0.15, -0.1) is 0 Å². The SMILES string of the molecule is O=C(Nc1c(F)cc(F)cc1F)N1CC[C@H](O)C1. The molecule has 2 rings (SSSR count). The number of anilines is 1. The van der Waals surface area contributed by atoms with Crippen LogP contribution in [0.5, 0.6) is 0 Å². The van der Waals surface area contributed by atoms with Crippen molar-refractivity contribution >= 4 is 11.7 Å². The van der Waals surface area contributed by atoms with E-state index in [0.29, 0.717) is 25.1 Å². The maximum Gasteiger partial charge on any atom is 0.322 e. The van der Waals surface area contributed by atoms with Gasteiger partial charge in [0.2, 0.25) is 0 Å². The van der Waals surface area contributed by atoms with Crippen LogP contribution in [0.2, 0.25) is 0 Å². The quantitative estimate of drug-likeness (QED) is 0.807. The Morgan fingerprint density at radius 1 is 1.33 bits per heavy atom. The summed E-state index contributed by atoms with van der Waals surface area (Å²) in [6.07, 6.45) is -0.208. The van der Waals surface area contributed by atoms with Gasteiger partial charge in [0.25, 0.3) is 0 Å². The number of aliphatic hydroxyl groups excluding tert-OH is 1. The van der Waals surface area contributed by atoms with Crippen molar-refractivity contribution in [2.24, 2.45) is 0 Å². The van der Waals surface area contributed by atoms with E-state index in [1.807, 2.05) is 5.32 Å². The summed E-state index contributed by atoms with van der Waals surface area (Å²) < 4.78 is 39.2. The normalized spacial score (nSPS) is 19.1. The molecule has 1 heterocycles. The van der Waals surface area contributed by atoms with E-state index in [1.165, 1.54) is 4.90 Å². The Labute approximate surface area is 101 Å². The minimum atomic E-state index is -1.18. The van der Waals surface area contributed by atoms with Crippen LogP contribution < -0.4 is 5.32 Å². The van der Waals surface area contributed by atoms with Crippen molar-refractivity contribution in [3.8, 4) is 0 Å². The van der Waals surface area contributed by atoms with Crippen LogP contribution in [0.25, 0.3) is 0 Å². The van der Waals surface area contributed by atoms with Crippen molar-refractivity contribution in [1.82, 2.24) is 4.90 Å². The fourth-order valence-corrected chi connectivity index (χ4v) is 1.77. The van der Waals surface area contributed by atoms with Crippen LogP contribution in [0.4, 0.5) is 23.7 Å². The van der Waals surface area contributed by atoms with E-state index in [9.17, 15) is 23.1 Å². The minimum absolute atomic E-state index is 0.107. The molecule has 1 saturated heterocycles. The number of hydrogen-bond donors (Lipinski definition) is 2. The van der Waals surface area contributed by atoms with Gasteiger partial charge in [0.15, 0.2) is 11.6 Å². The smallest absolute Gasteiger partial charge is 0.322 e. The second-order valence-electron chi connectivity index (χ2n) is 4.06. The average Bonchev–Trinajstić information content (AvgIpc) is 2.70. The van der Waals surface area contributed by atoms with E-state index in [-0.39, 0.29) is 6.54 Å². The number of amides is 2. The van der Waals surface area contributed by atoms with Crippen LogP contribution in [0.1, 0.15) is 6.42 Å². The van der Waals surface area contributed by atoms with Gasteiger partial charge >= 0.3 is 6.03 Å². The number of aliphatic hydroxyl groups is 1. The molecule has 0 saturated carbocycles. The molecule has 0 radical (unpaired) electrons. The van der Waals surface area contributed by atoms with Crippen molar-refractivity contribution < 1.29 is 23.1 Å². The van der Waals surface area contributed by atoms with Crippen LogP contribution in [0, 0.1) is 17.5 Å². The monoisotopic (exact) mass is 260 g/mol. The first-order valence-electron chi connectivity index (χ1n) is 5.36. The van der Waals surface area contributed by atoms with Crippen LogP contribution in [0.15, 0.2) is 12.1 Å². The topological polar surface area (TPSA) is 52.6 Å². The molecular formula is C11H11F3N2O2. The van der Waals surface area contributed by atoms with Crippen molar-refractivity contribution in [2.45, 2.75) is 12.5 Å². The maximum absolute atomic E-state index is 13.3. The summed E-state index contributed by atoms with van der Waals surface area (Å²) in [7, 11) is 0. The van der Waals surface area contributed by atoms with Gasteiger partial charge in [0.05, 0.1) is 6.10 Å². The number of carbonyl (C=O) groups is 1. The Kier molecular flexibility index (Phi) is 3.42. The highest BCUT2D eigenvalue weighted by Gasteiger charge is 2.26. The molecule has 1 aromatic carbocycles. The summed E-state index contributed by atoms with van der Waals surface area (Å²) in [5.41, 5.74) is -0.692. The molecule has 0 spiro atoms. The van der Waals surface area contributed by atoms with Gasteiger partial charge in [-0.2, -0.15) is 0 Å². The predicted molar refractivity (Wildman–Crippen MR) is 57.5 cm³/mol. The third kappa shape index (κ3) is 2.56. The van der Waals surface area contributed by atoms with Crippen LogP contribution >= 0.6 is 0 Å². The first kappa shape index (κ1) is 12.7. The van der Waals surface area contributed by atoms with E-state index in [2.05, 4.69) is 0 Å². The highest BCUT2D eigenvalue weighted by atomic mass is 19.1. The third-order valence-electron chi connectivity index (χ3n) is 2.69. The lowest BCUT2D eigenvalue weighted by Crippen LogP contribution is -2.34. The number of halogens is 3. The van der Waals surface area contributed by atoms with E-state index in [4.69, 9.17) is 0 Å². The Hall–Kier alpha value is -1.76. The predicted octanol–water partition coefficient (Wildman–Crippen LogP) is 1.70. The maximum atomic E-state index is 13.3. The zero-order valence-corrected chi connectivity index (χ0v) is 9.29. The highest BCUT2D eigenvalue weighted by Crippen LogP contribution is 2.21. The van der Waals surface area contributed by atoms with E-state index < -0.39 is 35.3 Å². The molecule has 7 heteroatoms. The second-order valence-corrected chi connectivity index (χ2v) is 4.06. The zero-order valence-electron chi connectivity index (χ0n) is 9.29. The van der Waals surface area contributed by atoms with Crippen molar-refractivity contribution in [1.29, 1.82) is 0 Å². The number of β-amino-alcohol motifs (C(OH)–C–C–N with tert-alkyl or cyclic N) is 1. The lowest BCUT2D eigenvalue weighted by atomic mass is 10.3. The number of urea groups is 1. The summed E-state index contributed by atoms with van der Waals surface area (Å²) in [6, 6.07) is 0.241. The van der Waals surface area contributed by atoms with Gasteiger partial charge in [-0.3, -0.25) is 0 Å². The fourth-order valence-electron chi connectivity index (χ4n) is 1.77. The molecule has 1 aromatic rings. The molecule has 1 atom stereocenters. The minimum Gasteiger partial charge on any atom is -0.391 e.